The number of aryl methyl sites for hydroxylation is 2. The van der Waals surface area contributed by atoms with Gasteiger partial charge in [-0.2, -0.15) is 5.10 Å². The van der Waals surface area contributed by atoms with Crippen LogP contribution in [0.3, 0.4) is 0 Å². The Morgan fingerprint density at radius 3 is 2.54 bits per heavy atom. The highest BCUT2D eigenvalue weighted by Crippen LogP contribution is 2.22. The normalized spacial score (nSPS) is 10.3. The molecule has 6 heteroatoms. The average molecular weight is 351 g/mol. The molecule has 0 saturated carbocycles. The maximum absolute atomic E-state index is 12.2. The van der Waals surface area contributed by atoms with Gasteiger partial charge in [0.25, 0.3) is 0 Å². The van der Waals surface area contributed by atoms with Crippen LogP contribution in [-0.4, -0.2) is 22.2 Å². The molecule has 2 aromatic rings. The van der Waals surface area contributed by atoms with Gasteiger partial charge in [-0.1, -0.05) is 25.0 Å². The molecule has 0 spiro atoms. The number of halogens is 1. The second kappa shape index (κ2) is 10.1. The lowest BCUT2D eigenvalue weighted by atomic mass is 10.1. The van der Waals surface area contributed by atoms with Gasteiger partial charge in [-0.25, -0.2) is 4.68 Å². The second-order valence-corrected chi connectivity index (χ2v) is 5.86. The number of carbonyl (C=O) groups excluding carboxylic acids is 1. The van der Waals surface area contributed by atoms with Gasteiger partial charge >= 0.3 is 0 Å². The number of rotatable bonds is 8. The molecule has 0 atom stereocenters. The lowest BCUT2D eigenvalue weighted by Crippen LogP contribution is -2.14. The third-order valence-corrected chi connectivity index (χ3v) is 3.77. The van der Waals surface area contributed by atoms with E-state index in [1.807, 2.05) is 48.9 Å². The number of carbonyl (C=O) groups is 1. The van der Waals surface area contributed by atoms with Crippen LogP contribution in [-0.2, 0) is 4.79 Å². The van der Waals surface area contributed by atoms with Crippen LogP contribution in [0.25, 0.3) is 5.69 Å². The Bertz CT molecular complexity index is 654. The van der Waals surface area contributed by atoms with Crippen molar-refractivity contribution in [2.75, 3.05) is 11.9 Å². The summed E-state index contributed by atoms with van der Waals surface area (Å²) in [7, 11) is 0. The number of hydrogen-bond donors (Lipinski definition) is 2. The second-order valence-electron chi connectivity index (χ2n) is 5.86. The number of unbranched alkanes of at least 4 members (excludes halogenated alkanes) is 3. The number of nitrogens with two attached hydrogens (primary N) is 1. The summed E-state index contributed by atoms with van der Waals surface area (Å²) in [5.74, 6) is 0.0479. The Hall–Kier alpha value is -1.85. The molecule has 0 fully saturated rings. The van der Waals surface area contributed by atoms with Crippen LogP contribution in [0.5, 0.6) is 0 Å². The van der Waals surface area contributed by atoms with E-state index in [0.717, 1.165) is 55.0 Å². The molecule has 0 unspecified atom stereocenters. The van der Waals surface area contributed by atoms with E-state index < -0.39 is 0 Å². The fourth-order valence-electron chi connectivity index (χ4n) is 2.63. The van der Waals surface area contributed by atoms with E-state index >= 15 is 0 Å². The van der Waals surface area contributed by atoms with E-state index in [9.17, 15) is 4.79 Å². The van der Waals surface area contributed by atoms with Crippen molar-refractivity contribution in [3.05, 3.63) is 41.7 Å². The molecule has 0 aliphatic carbocycles. The molecule has 0 aliphatic heterocycles. The van der Waals surface area contributed by atoms with Crippen LogP contribution in [0.15, 0.2) is 30.3 Å². The SMILES string of the molecule is Cc1cc(C)n(-c2ccccc2NC(=O)CCCCCCN)n1.Cl. The van der Waals surface area contributed by atoms with Crippen LogP contribution in [0.1, 0.15) is 43.5 Å². The summed E-state index contributed by atoms with van der Waals surface area (Å²) >= 11 is 0. The fourth-order valence-corrected chi connectivity index (χ4v) is 2.63. The Kier molecular flexibility index (Phi) is 8.50. The maximum atomic E-state index is 12.2. The van der Waals surface area contributed by atoms with Gasteiger partial charge in [0, 0.05) is 12.1 Å². The van der Waals surface area contributed by atoms with E-state index in [0.29, 0.717) is 6.42 Å². The van der Waals surface area contributed by atoms with Gasteiger partial charge in [-0.3, -0.25) is 4.79 Å². The predicted molar refractivity (Wildman–Crippen MR) is 101 cm³/mol. The van der Waals surface area contributed by atoms with Crippen LogP contribution >= 0.6 is 12.4 Å². The molecule has 0 saturated heterocycles. The number of nitrogens with zero attached hydrogens (tertiary/aromatic N) is 2. The van der Waals surface area contributed by atoms with Crippen molar-refractivity contribution in [2.45, 2.75) is 46.0 Å². The van der Waals surface area contributed by atoms with Crippen molar-refractivity contribution in [2.24, 2.45) is 5.73 Å². The monoisotopic (exact) mass is 350 g/mol. The predicted octanol–water partition coefficient (Wildman–Crippen LogP) is 3.76. The molecule has 0 bridgehead atoms. The molecule has 3 N–H and O–H groups in total. The van der Waals surface area contributed by atoms with Crippen LogP contribution < -0.4 is 11.1 Å². The van der Waals surface area contributed by atoms with E-state index in [4.69, 9.17) is 5.73 Å². The highest BCUT2D eigenvalue weighted by Gasteiger charge is 2.10. The Balaban J connectivity index is 0.00000288. The summed E-state index contributed by atoms with van der Waals surface area (Å²) in [5.41, 5.74) is 9.17. The maximum Gasteiger partial charge on any atom is 0.224 e. The van der Waals surface area contributed by atoms with Gasteiger partial charge in [-0.15, -0.1) is 12.4 Å². The summed E-state index contributed by atoms with van der Waals surface area (Å²) in [6.07, 6.45) is 4.60. The first kappa shape index (κ1) is 20.2. The Morgan fingerprint density at radius 2 is 1.88 bits per heavy atom. The number of anilines is 1. The molecule has 132 valence electrons. The van der Waals surface area contributed by atoms with Crippen molar-refractivity contribution in [1.82, 2.24) is 9.78 Å². The number of nitrogens with one attached hydrogen (secondary N) is 1. The molecule has 0 aliphatic rings. The van der Waals surface area contributed by atoms with Crippen LogP contribution in [0.2, 0.25) is 0 Å². The van der Waals surface area contributed by atoms with Gasteiger partial charge in [-0.05, 0) is 51.4 Å². The van der Waals surface area contributed by atoms with Gasteiger partial charge in [0.1, 0.15) is 0 Å². The lowest BCUT2D eigenvalue weighted by molar-refractivity contribution is -0.116. The van der Waals surface area contributed by atoms with Crippen molar-refractivity contribution in [3.8, 4) is 5.69 Å². The molecule has 0 radical (unpaired) electrons. The first-order chi connectivity index (χ1) is 11.1. The minimum Gasteiger partial charge on any atom is -0.330 e. The average Bonchev–Trinajstić information content (AvgIpc) is 2.86. The van der Waals surface area contributed by atoms with Gasteiger partial charge < -0.3 is 11.1 Å². The third-order valence-electron chi connectivity index (χ3n) is 3.77. The molecule has 1 heterocycles. The summed E-state index contributed by atoms with van der Waals surface area (Å²) < 4.78 is 1.87. The zero-order valence-electron chi connectivity index (χ0n) is 14.4. The van der Waals surface area contributed by atoms with E-state index in [-0.39, 0.29) is 18.3 Å². The minimum atomic E-state index is 0. The molecule has 24 heavy (non-hydrogen) atoms. The minimum absolute atomic E-state index is 0. The number of aromatic nitrogens is 2. The number of amides is 1. The standard InChI is InChI=1S/C18H26N4O.ClH/c1-14-13-15(2)22(21-14)17-10-7-6-9-16(17)20-18(23)11-5-3-4-8-12-19;/h6-7,9-10,13H,3-5,8,11-12,19H2,1-2H3,(H,20,23);1H. The highest BCUT2D eigenvalue weighted by atomic mass is 35.5. The van der Waals surface area contributed by atoms with Crippen LogP contribution in [0.4, 0.5) is 5.69 Å². The van der Waals surface area contributed by atoms with Gasteiger partial charge in [0.2, 0.25) is 5.91 Å². The van der Waals surface area contributed by atoms with Crippen molar-refractivity contribution >= 4 is 24.0 Å². The van der Waals surface area contributed by atoms with E-state index in [2.05, 4.69) is 10.4 Å². The molecule has 1 aromatic heterocycles. The van der Waals surface area contributed by atoms with E-state index in [1.165, 1.54) is 0 Å². The summed E-state index contributed by atoms with van der Waals surface area (Å²) in [6, 6.07) is 9.78. The fraction of sp³-hybridized carbons (Fsp3) is 0.444. The Labute approximate surface area is 150 Å². The van der Waals surface area contributed by atoms with Crippen molar-refractivity contribution in [1.29, 1.82) is 0 Å². The summed E-state index contributed by atoms with van der Waals surface area (Å²) in [6.45, 7) is 4.70. The zero-order valence-corrected chi connectivity index (χ0v) is 15.2. The van der Waals surface area contributed by atoms with Crippen molar-refractivity contribution in [3.63, 3.8) is 0 Å². The molecular weight excluding hydrogens is 324 g/mol. The van der Waals surface area contributed by atoms with Gasteiger partial charge in [0.15, 0.2) is 0 Å². The topological polar surface area (TPSA) is 72.9 Å². The van der Waals surface area contributed by atoms with Gasteiger partial charge in [0.05, 0.1) is 17.1 Å². The molecule has 1 amide bonds. The lowest BCUT2D eigenvalue weighted by Gasteiger charge is -2.12. The Morgan fingerprint density at radius 1 is 1.17 bits per heavy atom. The van der Waals surface area contributed by atoms with Crippen LogP contribution in [0, 0.1) is 13.8 Å². The number of para-hydroxylation sites is 2. The molecule has 1 aromatic carbocycles. The third kappa shape index (κ3) is 5.65. The smallest absolute Gasteiger partial charge is 0.224 e. The first-order valence-electron chi connectivity index (χ1n) is 8.24. The summed E-state index contributed by atoms with van der Waals surface area (Å²) in [4.78, 5) is 12.2. The largest absolute Gasteiger partial charge is 0.330 e. The number of hydrogen-bond acceptors (Lipinski definition) is 3. The molecule has 2 rings (SSSR count). The molecular formula is C18H27ClN4O. The molecule has 5 nitrogen and oxygen atoms in total. The number of benzene rings is 1. The summed E-state index contributed by atoms with van der Waals surface area (Å²) in [5, 5.41) is 7.51. The van der Waals surface area contributed by atoms with E-state index in [1.54, 1.807) is 0 Å². The highest BCUT2D eigenvalue weighted by molar-refractivity contribution is 5.92. The zero-order chi connectivity index (χ0) is 16.7. The van der Waals surface area contributed by atoms with Crippen molar-refractivity contribution < 1.29 is 4.79 Å². The first-order valence-corrected chi connectivity index (χ1v) is 8.24. The quantitative estimate of drug-likeness (QED) is 0.712.